The lowest BCUT2D eigenvalue weighted by Gasteiger charge is -2.21. The Balaban J connectivity index is 1.41. The summed E-state index contributed by atoms with van der Waals surface area (Å²) in [6, 6.07) is 17.7. The maximum atomic E-state index is 12.5. The van der Waals surface area contributed by atoms with E-state index >= 15 is 0 Å². The van der Waals surface area contributed by atoms with Crippen LogP contribution in [-0.2, 0) is 6.42 Å². The summed E-state index contributed by atoms with van der Waals surface area (Å²) in [6.45, 7) is 3.64. The minimum Gasteiger partial charge on any atom is -0.352 e. The van der Waals surface area contributed by atoms with Crippen molar-refractivity contribution in [1.29, 1.82) is 0 Å². The molecule has 0 aromatic heterocycles. The molecule has 2 aromatic rings. The van der Waals surface area contributed by atoms with E-state index in [1.807, 2.05) is 19.1 Å². The van der Waals surface area contributed by atoms with E-state index in [0.717, 1.165) is 30.6 Å². The molecule has 2 aromatic carbocycles. The predicted octanol–water partition coefficient (Wildman–Crippen LogP) is 5.01. The van der Waals surface area contributed by atoms with Gasteiger partial charge >= 0.3 is 0 Å². The van der Waals surface area contributed by atoms with E-state index in [9.17, 15) is 4.79 Å². The molecule has 1 aliphatic heterocycles. The molecule has 144 valence electrons. The highest BCUT2D eigenvalue weighted by molar-refractivity contribution is 5.94. The molecule has 1 N–H and O–H groups in total. The Hall–Kier alpha value is -2.73. The number of fused-ring (bicyclic) bond motifs is 1. The first kappa shape index (κ1) is 18.6. The zero-order valence-electron chi connectivity index (χ0n) is 16.6. The van der Waals surface area contributed by atoms with Gasteiger partial charge in [0.2, 0.25) is 0 Å². The topological polar surface area (TPSA) is 32.3 Å². The highest BCUT2D eigenvalue weighted by Crippen LogP contribution is 2.32. The molecular weight excluding hydrogens is 344 g/mol. The van der Waals surface area contributed by atoms with Crippen LogP contribution in [0.25, 0.3) is 11.1 Å². The van der Waals surface area contributed by atoms with Crippen molar-refractivity contribution in [3.8, 4) is 23.1 Å². The molecule has 1 heterocycles. The van der Waals surface area contributed by atoms with Crippen molar-refractivity contribution in [3.05, 3.63) is 53.6 Å². The molecule has 1 fully saturated rings. The van der Waals surface area contributed by atoms with Crippen molar-refractivity contribution in [3.63, 3.8) is 0 Å². The Morgan fingerprint density at radius 2 is 1.82 bits per heavy atom. The van der Waals surface area contributed by atoms with Crippen LogP contribution in [0.3, 0.4) is 0 Å². The molecule has 3 nitrogen and oxygen atoms in total. The number of hydrogen-bond acceptors (Lipinski definition) is 2. The zero-order valence-corrected chi connectivity index (χ0v) is 16.6. The van der Waals surface area contributed by atoms with Crippen molar-refractivity contribution in [2.45, 2.75) is 45.4 Å². The fourth-order valence-corrected chi connectivity index (χ4v) is 4.38. The summed E-state index contributed by atoms with van der Waals surface area (Å²) in [5, 5.41) is 3.12. The third-order valence-corrected chi connectivity index (χ3v) is 5.98. The molecule has 0 spiro atoms. The van der Waals surface area contributed by atoms with Gasteiger partial charge in [-0.05, 0) is 73.1 Å². The monoisotopic (exact) mass is 372 g/mol. The summed E-state index contributed by atoms with van der Waals surface area (Å²) in [5.41, 5.74) is 5.64. The van der Waals surface area contributed by atoms with Crippen LogP contribution in [-0.4, -0.2) is 19.0 Å². The van der Waals surface area contributed by atoms with Crippen molar-refractivity contribution in [2.75, 3.05) is 18.0 Å². The smallest absolute Gasteiger partial charge is 0.251 e. The highest BCUT2D eigenvalue weighted by atomic mass is 16.1. The van der Waals surface area contributed by atoms with Gasteiger partial charge in [0.05, 0.1) is 5.69 Å². The van der Waals surface area contributed by atoms with Crippen LogP contribution in [0.4, 0.5) is 5.69 Å². The minimum absolute atomic E-state index is 0.0415. The number of anilines is 1. The summed E-state index contributed by atoms with van der Waals surface area (Å²) in [7, 11) is 0. The second kappa shape index (κ2) is 8.52. The third-order valence-electron chi connectivity index (χ3n) is 5.98. The lowest BCUT2D eigenvalue weighted by Crippen LogP contribution is -2.30. The van der Waals surface area contributed by atoms with E-state index in [2.05, 4.69) is 52.5 Å². The second-order valence-electron chi connectivity index (χ2n) is 7.90. The van der Waals surface area contributed by atoms with E-state index < -0.39 is 0 Å². The first-order valence-electron chi connectivity index (χ1n) is 10.5. The zero-order chi connectivity index (χ0) is 19.3. The van der Waals surface area contributed by atoms with Gasteiger partial charge in [0, 0.05) is 24.7 Å². The van der Waals surface area contributed by atoms with Crippen LogP contribution in [0, 0.1) is 17.9 Å². The number of carbonyl (C=O) groups is 1. The normalized spacial score (nSPS) is 16.2. The molecule has 0 bridgehead atoms. The molecule has 0 unspecified atom stereocenters. The molecule has 0 atom stereocenters. The van der Waals surface area contributed by atoms with Gasteiger partial charge in [-0.15, -0.1) is 0 Å². The van der Waals surface area contributed by atoms with E-state index in [-0.39, 0.29) is 5.91 Å². The molecule has 1 saturated carbocycles. The van der Waals surface area contributed by atoms with Gasteiger partial charge in [0.15, 0.2) is 0 Å². The second-order valence-corrected chi connectivity index (χ2v) is 7.90. The molecule has 1 amide bonds. The third kappa shape index (κ3) is 4.07. The molecular formula is C25H28N2O. The summed E-state index contributed by atoms with van der Waals surface area (Å²) in [4.78, 5) is 14.6. The molecule has 2 aliphatic rings. The van der Waals surface area contributed by atoms with Crippen LogP contribution >= 0.6 is 0 Å². The van der Waals surface area contributed by atoms with Gasteiger partial charge in [-0.3, -0.25) is 4.79 Å². The predicted molar refractivity (Wildman–Crippen MR) is 115 cm³/mol. The van der Waals surface area contributed by atoms with Gasteiger partial charge in [-0.2, -0.15) is 0 Å². The van der Waals surface area contributed by atoms with Crippen molar-refractivity contribution >= 4 is 11.6 Å². The van der Waals surface area contributed by atoms with Gasteiger partial charge < -0.3 is 10.2 Å². The molecule has 1 aliphatic carbocycles. The molecule has 4 rings (SSSR count). The highest BCUT2D eigenvalue weighted by Gasteiger charge is 2.18. The Morgan fingerprint density at radius 1 is 1.07 bits per heavy atom. The number of amides is 1. The summed E-state index contributed by atoms with van der Waals surface area (Å²) >= 11 is 0. The maximum Gasteiger partial charge on any atom is 0.251 e. The van der Waals surface area contributed by atoms with Gasteiger partial charge in [-0.1, -0.05) is 43.4 Å². The lowest BCUT2D eigenvalue weighted by atomic mass is 9.89. The Morgan fingerprint density at radius 3 is 2.57 bits per heavy atom. The summed E-state index contributed by atoms with van der Waals surface area (Å²) in [6.07, 6.45) is 7.48. The molecule has 0 radical (unpaired) electrons. The van der Waals surface area contributed by atoms with Crippen LogP contribution in [0.15, 0.2) is 42.5 Å². The fraction of sp³-hybridized carbons (Fsp3) is 0.400. The number of hydrogen-bond donors (Lipinski definition) is 1. The number of nitrogens with one attached hydrogen (secondary N) is 1. The van der Waals surface area contributed by atoms with Crippen molar-refractivity contribution < 1.29 is 4.79 Å². The minimum atomic E-state index is 0.0415. The van der Waals surface area contributed by atoms with Crippen LogP contribution in [0.2, 0.25) is 0 Å². The van der Waals surface area contributed by atoms with E-state index in [1.165, 1.54) is 48.9 Å². The summed E-state index contributed by atoms with van der Waals surface area (Å²) < 4.78 is 0. The number of nitrogens with zero attached hydrogens (tertiary/aromatic N) is 1. The van der Waals surface area contributed by atoms with Gasteiger partial charge in [0.25, 0.3) is 5.91 Å². The average Bonchev–Trinajstić information content (AvgIpc) is 3.15. The molecule has 3 heteroatoms. The number of benzene rings is 2. The Kier molecular flexibility index (Phi) is 5.67. The first-order valence-corrected chi connectivity index (χ1v) is 10.5. The van der Waals surface area contributed by atoms with Crippen molar-refractivity contribution in [1.82, 2.24) is 5.32 Å². The van der Waals surface area contributed by atoms with E-state index in [4.69, 9.17) is 0 Å². The van der Waals surface area contributed by atoms with Gasteiger partial charge in [-0.25, -0.2) is 0 Å². The maximum absolute atomic E-state index is 12.5. The summed E-state index contributed by atoms with van der Waals surface area (Å²) in [5.74, 6) is 3.68. The quantitative estimate of drug-likeness (QED) is 0.766. The average molecular weight is 373 g/mol. The Bertz CT molecular complexity index is 898. The number of rotatable bonds is 4. The van der Waals surface area contributed by atoms with E-state index in [1.54, 1.807) is 0 Å². The fourth-order valence-electron chi connectivity index (χ4n) is 4.38. The van der Waals surface area contributed by atoms with Crippen LogP contribution in [0.5, 0.6) is 0 Å². The first-order chi connectivity index (χ1) is 13.7. The largest absolute Gasteiger partial charge is 0.352 e. The molecule has 0 saturated heterocycles. The number of carbonyl (C=O) groups excluding carboxylic acids is 1. The SMILES string of the molecule is CC#CN1CCc2cc(-c3ccc(C(=O)NCC4CCCCC4)cc3)ccc21. The van der Waals surface area contributed by atoms with E-state index in [0.29, 0.717) is 5.92 Å². The van der Waals surface area contributed by atoms with Crippen LogP contribution in [0.1, 0.15) is 54.9 Å². The van der Waals surface area contributed by atoms with Crippen LogP contribution < -0.4 is 10.2 Å². The van der Waals surface area contributed by atoms with Crippen molar-refractivity contribution in [2.24, 2.45) is 5.92 Å². The molecule has 28 heavy (non-hydrogen) atoms. The Labute approximate surface area is 168 Å². The standard InChI is InChI=1S/C25H28N2O/c1-2-15-27-16-14-23-17-22(12-13-24(23)27)20-8-10-21(11-9-20)25(28)26-18-19-6-4-3-5-7-19/h8-13,17,19H,3-7,14,16,18H2,1H3,(H,26,28). The lowest BCUT2D eigenvalue weighted by molar-refractivity contribution is 0.0943. The van der Waals surface area contributed by atoms with Gasteiger partial charge in [0.1, 0.15) is 0 Å².